The highest BCUT2D eigenvalue weighted by Crippen LogP contribution is 2.36. The Morgan fingerprint density at radius 2 is 1.70 bits per heavy atom. The second-order valence-corrected chi connectivity index (χ2v) is 10.5. The number of hydrogen-bond donors (Lipinski definition) is 3. The molecule has 10 nitrogen and oxygen atoms in total. The maximum Gasteiger partial charge on any atom is 0.237 e. The quantitative estimate of drug-likeness (QED) is 0.288. The zero-order valence-electron chi connectivity index (χ0n) is 21.6. The number of likely N-dealkylation sites (N-methyl/N-ethyl adjacent to an activating group) is 1. The number of rotatable bonds is 8. The number of nitrogens with two attached hydrogens (primary N) is 2. The molecule has 0 unspecified atom stereocenters. The number of fused-ring (bicyclic) bond motifs is 1. The van der Waals surface area contributed by atoms with E-state index in [-0.39, 0.29) is 28.7 Å². The number of primary amides is 2. The molecule has 5 N–H and O–H groups in total. The Morgan fingerprint density at radius 3 is 2.30 bits per heavy atom. The van der Waals surface area contributed by atoms with Crippen LogP contribution in [0.5, 0.6) is 0 Å². The van der Waals surface area contributed by atoms with Crippen LogP contribution in [0, 0.1) is 5.82 Å². The van der Waals surface area contributed by atoms with Crippen molar-refractivity contribution in [3.8, 4) is 17.1 Å². The molecular weight excluding hydrogens is 558 g/mol. The summed E-state index contributed by atoms with van der Waals surface area (Å²) in [7, 11) is 0. The van der Waals surface area contributed by atoms with Gasteiger partial charge in [-0.1, -0.05) is 30.1 Å². The molecule has 13 heteroatoms. The largest absolute Gasteiger partial charge is 0.369 e. The van der Waals surface area contributed by atoms with Crippen molar-refractivity contribution in [2.24, 2.45) is 11.5 Å². The number of piperidine rings is 1. The Bertz CT molecular complexity index is 1600. The minimum Gasteiger partial charge on any atom is -0.369 e. The Hall–Kier alpha value is -3.80. The predicted molar refractivity (Wildman–Crippen MR) is 152 cm³/mol. The lowest BCUT2D eigenvalue weighted by molar-refractivity contribution is -0.125. The van der Waals surface area contributed by atoms with Crippen LogP contribution in [0.4, 0.5) is 10.2 Å². The third-order valence-electron chi connectivity index (χ3n) is 7.03. The van der Waals surface area contributed by atoms with Crippen LogP contribution in [0.25, 0.3) is 28.2 Å². The molecule has 0 radical (unpaired) electrons. The van der Waals surface area contributed by atoms with Crippen molar-refractivity contribution in [1.82, 2.24) is 24.8 Å². The van der Waals surface area contributed by atoms with Gasteiger partial charge in [0.2, 0.25) is 11.8 Å². The van der Waals surface area contributed by atoms with E-state index in [0.29, 0.717) is 60.2 Å². The smallest absolute Gasteiger partial charge is 0.237 e. The number of aromatic nitrogens is 4. The third kappa shape index (κ3) is 5.19. The van der Waals surface area contributed by atoms with E-state index in [2.05, 4.69) is 15.3 Å². The number of benzene rings is 2. The Morgan fingerprint density at radius 1 is 1.02 bits per heavy atom. The van der Waals surface area contributed by atoms with E-state index in [1.165, 1.54) is 6.07 Å². The van der Waals surface area contributed by atoms with Gasteiger partial charge in [-0.05, 0) is 61.9 Å². The number of hydrogen-bond acceptors (Lipinski definition) is 7. The molecular formula is C27H27Cl2FN8O2. The van der Waals surface area contributed by atoms with Crippen LogP contribution >= 0.6 is 23.2 Å². The van der Waals surface area contributed by atoms with Gasteiger partial charge in [-0.3, -0.25) is 14.2 Å². The number of anilines is 1. The molecule has 0 spiro atoms. The van der Waals surface area contributed by atoms with Crippen LogP contribution in [-0.2, 0) is 16.0 Å². The first-order valence-electron chi connectivity index (χ1n) is 12.7. The molecule has 208 valence electrons. The molecule has 40 heavy (non-hydrogen) atoms. The summed E-state index contributed by atoms with van der Waals surface area (Å²) < 4.78 is 16.9. The second kappa shape index (κ2) is 11.0. The van der Waals surface area contributed by atoms with Crippen molar-refractivity contribution in [3.63, 3.8) is 0 Å². The Labute approximate surface area is 239 Å². The highest BCUT2D eigenvalue weighted by atomic mass is 35.5. The standard InChI is InChI=1S/C27H27Cl2FN8O2/c1-2-33-27(26(32)40)9-11-37(12-10-27)24-22-25(35-21(34-24)14-20(31)39)38(17-6-3-15(28)4-7-17)23(36-22)18-8-5-16(29)13-19(18)30/h3-8,13,33H,2,9-12,14H2,1H3,(H2,31,39)(H2,32,40). The van der Waals surface area contributed by atoms with E-state index in [1.807, 2.05) is 11.8 Å². The fourth-order valence-corrected chi connectivity index (χ4v) is 5.36. The molecule has 0 saturated carbocycles. The highest BCUT2D eigenvalue weighted by Gasteiger charge is 2.40. The Kier molecular flexibility index (Phi) is 7.63. The summed E-state index contributed by atoms with van der Waals surface area (Å²) in [5, 5.41) is 4.00. The summed E-state index contributed by atoms with van der Waals surface area (Å²) in [5.41, 5.74) is 12.0. The summed E-state index contributed by atoms with van der Waals surface area (Å²) in [5.74, 6) is -0.700. The highest BCUT2D eigenvalue weighted by molar-refractivity contribution is 6.31. The van der Waals surface area contributed by atoms with Crippen LogP contribution in [0.3, 0.4) is 0 Å². The SMILES string of the molecule is CCNC1(C(N)=O)CCN(c2nc(CC(N)=O)nc3c2nc(-c2ccc(Cl)cc2F)n3-c2ccc(Cl)cc2)CC1. The summed E-state index contributed by atoms with van der Waals surface area (Å²) >= 11 is 12.2. The van der Waals surface area contributed by atoms with Gasteiger partial charge in [-0.25, -0.2) is 19.3 Å². The van der Waals surface area contributed by atoms with Crippen molar-refractivity contribution in [3.05, 3.63) is 64.2 Å². The molecule has 0 bridgehead atoms. The summed E-state index contributed by atoms with van der Waals surface area (Å²) in [6.07, 6.45) is 0.655. The number of carbonyl (C=O) groups excluding carboxylic acids is 2. The molecule has 4 aromatic rings. The zero-order valence-corrected chi connectivity index (χ0v) is 23.1. The van der Waals surface area contributed by atoms with Crippen molar-refractivity contribution < 1.29 is 14.0 Å². The van der Waals surface area contributed by atoms with Gasteiger partial charge in [-0.15, -0.1) is 0 Å². The van der Waals surface area contributed by atoms with E-state index >= 15 is 4.39 Å². The molecule has 5 rings (SSSR count). The average Bonchev–Trinajstić information content (AvgIpc) is 3.28. The Balaban J connectivity index is 1.73. The molecule has 2 aromatic carbocycles. The van der Waals surface area contributed by atoms with Gasteiger partial charge >= 0.3 is 0 Å². The van der Waals surface area contributed by atoms with Gasteiger partial charge < -0.3 is 21.7 Å². The van der Waals surface area contributed by atoms with Crippen LogP contribution in [0.2, 0.25) is 10.0 Å². The predicted octanol–water partition coefficient (Wildman–Crippen LogP) is 3.39. The van der Waals surface area contributed by atoms with Crippen LogP contribution in [0.15, 0.2) is 42.5 Å². The third-order valence-corrected chi connectivity index (χ3v) is 7.51. The number of nitrogens with one attached hydrogen (secondary N) is 1. The first-order chi connectivity index (χ1) is 19.1. The van der Waals surface area contributed by atoms with Crippen LogP contribution in [0.1, 0.15) is 25.6 Å². The van der Waals surface area contributed by atoms with Crippen LogP contribution < -0.4 is 21.7 Å². The minimum atomic E-state index is -0.840. The number of imidazole rings is 1. The average molecular weight is 585 g/mol. The molecule has 1 fully saturated rings. The number of nitrogens with zero attached hydrogens (tertiary/aromatic N) is 5. The van der Waals surface area contributed by atoms with E-state index in [0.717, 1.165) is 0 Å². The van der Waals surface area contributed by atoms with Gasteiger partial charge in [0.05, 0.1) is 12.0 Å². The minimum absolute atomic E-state index is 0.187. The topological polar surface area (TPSA) is 145 Å². The number of halogens is 3. The molecule has 1 saturated heterocycles. The molecule has 3 heterocycles. The fourth-order valence-electron chi connectivity index (χ4n) is 5.08. The summed E-state index contributed by atoms with van der Waals surface area (Å²) in [6.45, 7) is 3.36. The van der Waals surface area contributed by atoms with E-state index in [1.54, 1.807) is 41.0 Å². The number of amides is 2. The van der Waals surface area contributed by atoms with Gasteiger partial charge in [0, 0.05) is 28.8 Å². The first-order valence-corrected chi connectivity index (χ1v) is 13.5. The molecule has 1 aliphatic rings. The van der Waals surface area contributed by atoms with Gasteiger partial charge in [-0.2, -0.15) is 0 Å². The lowest BCUT2D eigenvalue weighted by Gasteiger charge is -2.40. The van der Waals surface area contributed by atoms with Gasteiger partial charge in [0.1, 0.15) is 23.0 Å². The zero-order chi connectivity index (χ0) is 28.6. The summed E-state index contributed by atoms with van der Waals surface area (Å²) in [6, 6.07) is 11.2. The fraction of sp³-hybridized carbons (Fsp3) is 0.296. The van der Waals surface area contributed by atoms with Gasteiger partial charge in [0.15, 0.2) is 17.0 Å². The van der Waals surface area contributed by atoms with Crippen molar-refractivity contribution in [2.75, 3.05) is 24.5 Å². The first kappa shape index (κ1) is 27.8. The lowest BCUT2D eigenvalue weighted by atomic mass is 9.86. The maximum atomic E-state index is 15.2. The molecule has 2 aromatic heterocycles. The second-order valence-electron chi connectivity index (χ2n) is 9.61. The van der Waals surface area contributed by atoms with Gasteiger partial charge in [0.25, 0.3) is 0 Å². The van der Waals surface area contributed by atoms with Crippen molar-refractivity contribution >= 4 is 52.0 Å². The number of carbonyl (C=O) groups is 2. The molecule has 0 atom stereocenters. The maximum absolute atomic E-state index is 15.2. The van der Waals surface area contributed by atoms with Crippen molar-refractivity contribution in [1.29, 1.82) is 0 Å². The lowest BCUT2D eigenvalue weighted by Crippen LogP contribution is -2.61. The molecule has 0 aliphatic carbocycles. The summed E-state index contributed by atoms with van der Waals surface area (Å²) in [4.78, 5) is 40.3. The molecule has 1 aliphatic heterocycles. The van der Waals surface area contributed by atoms with Crippen molar-refractivity contribution in [2.45, 2.75) is 31.7 Å². The molecule has 2 amide bonds. The van der Waals surface area contributed by atoms with Crippen LogP contribution in [-0.4, -0.2) is 56.5 Å². The monoisotopic (exact) mass is 584 g/mol. The normalized spacial score (nSPS) is 14.9. The van der Waals surface area contributed by atoms with E-state index in [9.17, 15) is 9.59 Å². The van der Waals surface area contributed by atoms with E-state index < -0.39 is 23.2 Å². The van der Waals surface area contributed by atoms with E-state index in [4.69, 9.17) is 39.7 Å².